The Labute approximate surface area is 126 Å². The highest BCUT2D eigenvalue weighted by Crippen LogP contribution is 2.33. The molecule has 0 aliphatic heterocycles. The Morgan fingerprint density at radius 2 is 1.48 bits per heavy atom. The molecule has 3 heteroatoms. The molecule has 0 aliphatic carbocycles. The third-order valence-corrected chi connectivity index (χ3v) is 3.77. The van der Waals surface area contributed by atoms with E-state index < -0.39 is 0 Å². The van der Waals surface area contributed by atoms with Gasteiger partial charge in [0.15, 0.2) is 11.5 Å². The minimum atomic E-state index is 0.751. The van der Waals surface area contributed by atoms with E-state index in [1.54, 1.807) is 14.2 Å². The maximum absolute atomic E-state index is 5.39. The molecule has 0 amide bonds. The van der Waals surface area contributed by atoms with Crippen molar-refractivity contribution in [1.82, 2.24) is 5.32 Å². The summed E-state index contributed by atoms with van der Waals surface area (Å²) in [6.45, 7) is 5.21. The highest BCUT2D eigenvalue weighted by Gasteiger charge is 2.09. The molecule has 0 saturated carbocycles. The molecule has 112 valence electrons. The Balaban J connectivity index is 2.47. The lowest BCUT2D eigenvalue weighted by atomic mass is 9.95. The third-order valence-electron chi connectivity index (χ3n) is 3.77. The predicted octanol–water partition coefficient (Wildman–Crippen LogP) is 3.71. The number of aryl methyl sites for hydroxylation is 2. The van der Waals surface area contributed by atoms with E-state index in [0.29, 0.717) is 0 Å². The molecule has 0 unspecified atom stereocenters. The summed E-state index contributed by atoms with van der Waals surface area (Å²) in [5, 5.41) is 3.22. The van der Waals surface area contributed by atoms with Crippen LogP contribution in [0.5, 0.6) is 11.5 Å². The van der Waals surface area contributed by atoms with Crippen LogP contribution in [0.1, 0.15) is 16.7 Å². The number of hydrogen-bond acceptors (Lipinski definition) is 3. The van der Waals surface area contributed by atoms with E-state index in [2.05, 4.69) is 37.4 Å². The van der Waals surface area contributed by atoms with Gasteiger partial charge in [0.1, 0.15) is 0 Å². The first-order valence-electron chi connectivity index (χ1n) is 7.07. The molecule has 3 nitrogen and oxygen atoms in total. The van der Waals surface area contributed by atoms with Crippen LogP contribution in [0.4, 0.5) is 0 Å². The molecule has 1 N–H and O–H groups in total. The Bertz CT molecular complexity index is 612. The van der Waals surface area contributed by atoms with Crippen molar-refractivity contribution >= 4 is 0 Å². The van der Waals surface area contributed by atoms with Gasteiger partial charge in [-0.3, -0.25) is 0 Å². The van der Waals surface area contributed by atoms with Gasteiger partial charge in [-0.25, -0.2) is 0 Å². The van der Waals surface area contributed by atoms with Gasteiger partial charge in [-0.2, -0.15) is 0 Å². The second kappa shape index (κ2) is 6.64. The van der Waals surface area contributed by atoms with E-state index in [9.17, 15) is 0 Å². The fourth-order valence-corrected chi connectivity index (χ4v) is 2.63. The highest BCUT2D eigenvalue weighted by atomic mass is 16.5. The van der Waals surface area contributed by atoms with Crippen molar-refractivity contribution < 1.29 is 9.47 Å². The summed E-state index contributed by atoms with van der Waals surface area (Å²) >= 11 is 0. The minimum Gasteiger partial charge on any atom is -0.493 e. The van der Waals surface area contributed by atoms with Crippen LogP contribution in [-0.4, -0.2) is 21.3 Å². The van der Waals surface area contributed by atoms with Crippen molar-refractivity contribution in [2.75, 3.05) is 21.3 Å². The van der Waals surface area contributed by atoms with Crippen LogP contribution in [0.15, 0.2) is 30.3 Å². The van der Waals surface area contributed by atoms with E-state index in [4.69, 9.17) is 9.47 Å². The van der Waals surface area contributed by atoms with Gasteiger partial charge in [0.25, 0.3) is 0 Å². The number of ether oxygens (including phenoxy) is 2. The molecule has 2 aromatic carbocycles. The lowest BCUT2D eigenvalue weighted by molar-refractivity contribution is 0.355. The zero-order chi connectivity index (χ0) is 15.4. The van der Waals surface area contributed by atoms with Gasteiger partial charge in [-0.1, -0.05) is 18.2 Å². The van der Waals surface area contributed by atoms with Gasteiger partial charge in [0, 0.05) is 6.54 Å². The zero-order valence-electron chi connectivity index (χ0n) is 13.4. The average molecular weight is 285 g/mol. The molecule has 2 rings (SSSR count). The Kier molecular flexibility index (Phi) is 4.86. The summed E-state index contributed by atoms with van der Waals surface area (Å²) in [5.74, 6) is 1.51. The fourth-order valence-electron chi connectivity index (χ4n) is 2.63. The fraction of sp³-hybridized carbons (Fsp3) is 0.333. The number of rotatable bonds is 5. The standard InChI is InChI=1S/C18H23NO2/c1-12-8-15(9-13(2)16(12)11-19-3)14-6-7-17(20-4)18(10-14)21-5/h6-10,19H,11H2,1-5H3. The second-order valence-electron chi connectivity index (χ2n) is 5.19. The van der Waals surface area contributed by atoms with Crippen molar-refractivity contribution in [3.8, 4) is 22.6 Å². The molecule has 21 heavy (non-hydrogen) atoms. The SMILES string of the molecule is CNCc1c(C)cc(-c2ccc(OC)c(OC)c2)cc1C. The predicted molar refractivity (Wildman–Crippen MR) is 87.2 cm³/mol. The second-order valence-corrected chi connectivity index (χ2v) is 5.19. The van der Waals surface area contributed by atoms with Crippen LogP contribution in [-0.2, 0) is 6.54 Å². The Morgan fingerprint density at radius 3 is 2.00 bits per heavy atom. The maximum atomic E-state index is 5.39. The van der Waals surface area contributed by atoms with Crippen LogP contribution in [0.2, 0.25) is 0 Å². The van der Waals surface area contributed by atoms with Gasteiger partial charge in [-0.15, -0.1) is 0 Å². The molecule has 0 saturated heterocycles. The lowest BCUT2D eigenvalue weighted by Crippen LogP contribution is -2.08. The van der Waals surface area contributed by atoms with Gasteiger partial charge in [-0.05, 0) is 60.8 Å². The van der Waals surface area contributed by atoms with Crippen LogP contribution in [0.25, 0.3) is 11.1 Å². The number of methoxy groups -OCH3 is 2. The molecule has 0 spiro atoms. The molecule has 0 aromatic heterocycles. The summed E-state index contributed by atoms with van der Waals surface area (Å²) in [7, 11) is 5.29. The summed E-state index contributed by atoms with van der Waals surface area (Å²) in [6.07, 6.45) is 0. The molecule has 0 bridgehead atoms. The van der Waals surface area contributed by atoms with Gasteiger partial charge in [0.2, 0.25) is 0 Å². The Morgan fingerprint density at radius 1 is 0.857 bits per heavy atom. The first-order valence-corrected chi connectivity index (χ1v) is 7.07. The first-order chi connectivity index (χ1) is 10.1. The Hall–Kier alpha value is -2.00. The van der Waals surface area contributed by atoms with Gasteiger partial charge < -0.3 is 14.8 Å². The average Bonchev–Trinajstić information content (AvgIpc) is 2.50. The van der Waals surface area contributed by atoms with E-state index in [1.165, 1.54) is 22.3 Å². The first kappa shape index (κ1) is 15.4. The largest absolute Gasteiger partial charge is 0.493 e. The van der Waals surface area contributed by atoms with Crippen LogP contribution >= 0.6 is 0 Å². The van der Waals surface area contributed by atoms with Crippen molar-refractivity contribution in [2.24, 2.45) is 0 Å². The van der Waals surface area contributed by atoms with Crippen LogP contribution in [0.3, 0.4) is 0 Å². The van der Waals surface area contributed by atoms with E-state index >= 15 is 0 Å². The zero-order valence-corrected chi connectivity index (χ0v) is 13.4. The lowest BCUT2D eigenvalue weighted by Gasteiger charge is -2.14. The molecular weight excluding hydrogens is 262 g/mol. The van der Waals surface area contributed by atoms with Crippen LogP contribution < -0.4 is 14.8 Å². The summed E-state index contributed by atoms with van der Waals surface area (Å²) in [5.41, 5.74) is 6.30. The van der Waals surface area contributed by atoms with E-state index in [0.717, 1.165) is 23.6 Å². The molecule has 0 heterocycles. The van der Waals surface area contributed by atoms with Crippen molar-refractivity contribution in [1.29, 1.82) is 0 Å². The monoisotopic (exact) mass is 285 g/mol. The molecule has 0 fully saturated rings. The summed E-state index contributed by atoms with van der Waals surface area (Å²) < 4.78 is 10.7. The summed E-state index contributed by atoms with van der Waals surface area (Å²) in [4.78, 5) is 0. The molecule has 0 aliphatic rings. The molecule has 0 radical (unpaired) electrons. The van der Waals surface area contributed by atoms with Gasteiger partial charge in [0.05, 0.1) is 14.2 Å². The highest BCUT2D eigenvalue weighted by molar-refractivity contribution is 5.69. The van der Waals surface area contributed by atoms with Crippen molar-refractivity contribution in [2.45, 2.75) is 20.4 Å². The van der Waals surface area contributed by atoms with Crippen molar-refractivity contribution in [3.63, 3.8) is 0 Å². The molecule has 0 atom stereocenters. The maximum Gasteiger partial charge on any atom is 0.161 e. The number of hydrogen-bond donors (Lipinski definition) is 1. The van der Waals surface area contributed by atoms with Gasteiger partial charge >= 0.3 is 0 Å². The smallest absolute Gasteiger partial charge is 0.161 e. The minimum absolute atomic E-state index is 0.751. The normalized spacial score (nSPS) is 10.5. The van der Waals surface area contributed by atoms with E-state index in [1.807, 2.05) is 19.2 Å². The van der Waals surface area contributed by atoms with Crippen molar-refractivity contribution in [3.05, 3.63) is 47.0 Å². The summed E-state index contributed by atoms with van der Waals surface area (Å²) in [6, 6.07) is 10.5. The quantitative estimate of drug-likeness (QED) is 0.908. The topological polar surface area (TPSA) is 30.5 Å². The van der Waals surface area contributed by atoms with E-state index in [-0.39, 0.29) is 0 Å². The third kappa shape index (κ3) is 3.19. The molecular formula is C18H23NO2. The molecule has 2 aromatic rings. The van der Waals surface area contributed by atoms with Crippen LogP contribution in [0, 0.1) is 13.8 Å². The number of nitrogens with one attached hydrogen (secondary N) is 1. The number of benzene rings is 2.